The number of halogens is 1. The predicted molar refractivity (Wildman–Crippen MR) is 21.1 cm³/mol. The predicted octanol–water partition coefficient (Wildman–Crippen LogP) is -3.31. The average molecular weight is 149 g/mol. The molecule has 0 saturated heterocycles. The number of hydrogen-bond donors (Lipinski definition) is 0. The Hall–Kier alpha value is -1.33. The number of rotatable bonds is 1. The van der Waals surface area contributed by atoms with Gasteiger partial charge in [-0.3, -0.25) is 0 Å². The number of nitro groups is 1. The molecule has 0 atom stereocenters. The first-order chi connectivity index (χ1) is 3.80. The van der Waals surface area contributed by atoms with Gasteiger partial charge in [0, 0.05) is 0 Å². The van der Waals surface area contributed by atoms with Crippen molar-refractivity contribution in [1.29, 1.82) is 0 Å². The first-order valence-electron chi connectivity index (χ1n) is 1.61. The Morgan fingerprint density at radius 2 is 2.33 bits per heavy atom. The van der Waals surface area contributed by atoms with E-state index in [-0.39, 0.29) is 12.4 Å². The first kappa shape index (κ1) is 7.67. The van der Waals surface area contributed by atoms with E-state index < -0.39 is 5.03 Å². The van der Waals surface area contributed by atoms with Crippen molar-refractivity contribution in [2.75, 3.05) is 0 Å². The maximum atomic E-state index is 9.66. The van der Waals surface area contributed by atoms with Crippen molar-refractivity contribution in [1.82, 2.24) is 5.12 Å². The van der Waals surface area contributed by atoms with Crippen LogP contribution in [0, 0.1) is 10.1 Å². The summed E-state index contributed by atoms with van der Waals surface area (Å²) in [6, 6.07) is 0. The maximum Gasteiger partial charge on any atom is 0.642 e. The van der Waals surface area contributed by atoms with E-state index in [4.69, 9.17) is 0 Å². The Bertz CT molecular complexity index is 152. The van der Waals surface area contributed by atoms with E-state index in [9.17, 15) is 10.1 Å². The lowest BCUT2D eigenvalue weighted by Gasteiger charge is -1.80. The third-order valence-corrected chi connectivity index (χ3v) is 0.458. The molecule has 0 unspecified atom stereocenters. The molecular formula is CClN5O2. The van der Waals surface area contributed by atoms with Gasteiger partial charge in [-0.1, -0.05) is 0 Å². The summed E-state index contributed by atoms with van der Waals surface area (Å²) in [4.78, 5) is 9.66. The summed E-state index contributed by atoms with van der Waals surface area (Å²) in [5, 5.41) is 18.0. The summed E-state index contributed by atoms with van der Waals surface area (Å²) in [5.41, 5.74) is 0. The lowest BCUT2D eigenvalue weighted by Crippen LogP contribution is -3.00. The highest BCUT2D eigenvalue weighted by Crippen LogP contribution is 1.93. The maximum absolute atomic E-state index is 9.66. The number of hydrazine groups is 1. The van der Waals surface area contributed by atoms with E-state index in [1.807, 2.05) is 6.34 Å². The third-order valence-electron chi connectivity index (χ3n) is 0.458. The Kier molecular flexibility index (Phi) is 2.43. The molecule has 0 spiro atoms. The zero-order chi connectivity index (χ0) is 5.98. The molecule has 1 heterocycles. The normalized spacial score (nSPS) is 12.7. The van der Waals surface area contributed by atoms with Crippen LogP contribution in [0.3, 0.4) is 0 Å². The van der Waals surface area contributed by atoms with E-state index in [0.29, 0.717) is 5.12 Å². The molecule has 1 rings (SSSR count). The van der Waals surface area contributed by atoms with Gasteiger partial charge in [0.15, 0.2) is 10.3 Å². The van der Waals surface area contributed by atoms with Crippen LogP contribution in [0.1, 0.15) is 0 Å². The van der Waals surface area contributed by atoms with E-state index >= 15 is 0 Å². The van der Waals surface area contributed by atoms with Crippen molar-refractivity contribution in [3.8, 4) is 0 Å². The molecule has 0 radical (unpaired) electrons. The topological polar surface area (TPSA) is 83.5 Å². The highest BCUT2D eigenvalue weighted by molar-refractivity contribution is 5.52. The second-order valence-electron chi connectivity index (χ2n) is 0.906. The highest BCUT2D eigenvalue weighted by Gasteiger charge is 2.33. The van der Waals surface area contributed by atoms with Gasteiger partial charge < -0.3 is 22.5 Å². The molecule has 0 aliphatic carbocycles. The molecule has 1 aliphatic heterocycles. The smallest absolute Gasteiger partial charge is 0.642 e. The molecule has 8 heteroatoms. The number of nitrogens with zero attached hydrogens (tertiary/aromatic N) is 5. The van der Waals surface area contributed by atoms with Gasteiger partial charge in [0.2, 0.25) is 0 Å². The van der Waals surface area contributed by atoms with Crippen LogP contribution in [0.25, 0.3) is 0 Å². The molecule has 0 N–H and O–H groups in total. The zero-order valence-electron chi connectivity index (χ0n) is 3.93. The summed E-state index contributed by atoms with van der Waals surface area (Å²) in [6.45, 7) is 0. The van der Waals surface area contributed by atoms with Crippen LogP contribution in [0.4, 0.5) is 0 Å². The van der Waals surface area contributed by atoms with Gasteiger partial charge in [0.1, 0.15) is 5.03 Å². The van der Waals surface area contributed by atoms with Gasteiger partial charge in [-0.15, -0.1) is 0 Å². The van der Waals surface area contributed by atoms with Crippen molar-refractivity contribution in [2.24, 2.45) is 15.5 Å². The van der Waals surface area contributed by atoms with Crippen LogP contribution in [0.5, 0.6) is 0 Å². The minimum Gasteiger partial charge on any atom is -1.00 e. The summed E-state index contributed by atoms with van der Waals surface area (Å²) in [5.74, 6) is 0. The lowest BCUT2D eigenvalue weighted by atomic mass is 11.3. The fourth-order valence-corrected chi connectivity index (χ4v) is 0.207. The SMILES string of the molecule is O=[N+]([O-])N1[C+]=NN=N1.[Cl-]. The largest absolute Gasteiger partial charge is 1.00 e. The zero-order valence-corrected chi connectivity index (χ0v) is 4.69. The highest BCUT2D eigenvalue weighted by atomic mass is 35.5. The summed E-state index contributed by atoms with van der Waals surface area (Å²) in [6.07, 6.45) is 1.88. The second kappa shape index (κ2) is 2.85. The van der Waals surface area contributed by atoms with E-state index in [1.54, 1.807) is 0 Å². The summed E-state index contributed by atoms with van der Waals surface area (Å²) >= 11 is 0. The fourth-order valence-electron chi connectivity index (χ4n) is 0.207. The van der Waals surface area contributed by atoms with Crippen molar-refractivity contribution < 1.29 is 17.4 Å². The fraction of sp³-hybridized carbons (Fsp3) is 0. The molecule has 0 aromatic carbocycles. The summed E-state index contributed by atoms with van der Waals surface area (Å²) in [7, 11) is 0. The second-order valence-corrected chi connectivity index (χ2v) is 0.906. The minimum absolute atomic E-state index is 0. The van der Waals surface area contributed by atoms with Crippen molar-refractivity contribution in [3.63, 3.8) is 0 Å². The van der Waals surface area contributed by atoms with Gasteiger partial charge in [0.05, 0.1) is 0 Å². The molecule has 0 aromatic rings. The van der Waals surface area contributed by atoms with Crippen LogP contribution in [-0.4, -0.2) is 16.5 Å². The minimum atomic E-state index is -0.792. The molecule has 0 amide bonds. The van der Waals surface area contributed by atoms with Crippen LogP contribution in [-0.2, 0) is 0 Å². The van der Waals surface area contributed by atoms with Crippen molar-refractivity contribution >= 4 is 6.34 Å². The molecule has 1 aliphatic rings. The van der Waals surface area contributed by atoms with Crippen LogP contribution >= 0.6 is 0 Å². The van der Waals surface area contributed by atoms with Gasteiger partial charge in [-0.2, -0.15) is 0 Å². The Morgan fingerprint density at radius 1 is 1.67 bits per heavy atom. The molecule has 0 fully saturated rings. The number of hydrogen-bond acceptors (Lipinski definition) is 5. The Labute approximate surface area is 55.6 Å². The molecule has 7 nitrogen and oxygen atoms in total. The molecule has 9 heavy (non-hydrogen) atoms. The lowest BCUT2D eigenvalue weighted by molar-refractivity contribution is -0.629. The van der Waals surface area contributed by atoms with Gasteiger partial charge in [0.25, 0.3) is 5.22 Å². The van der Waals surface area contributed by atoms with E-state index in [0.717, 1.165) is 0 Å². The van der Waals surface area contributed by atoms with Gasteiger partial charge in [-0.25, -0.2) is 0 Å². The standard InChI is InChI=1S/CN5O2.ClH/c7-6(8)5-1-2-3-4-5;/h;1H/q+1;/p-1. The van der Waals surface area contributed by atoms with E-state index in [1.165, 1.54) is 0 Å². The van der Waals surface area contributed by atoms with Crippen LogP contribution in [0.15, 0.2) is 15.5 Å². The molecule has 48 valence electrons. The molecule has 0 bridgehead atoms. The monoisotopic (exact) mass is 149 g/mol. The van der Waals surface area contributed by atoms with Gasteiger partial charge in [-0.05, 0) is 0 Å². The van der Waals surface area contributed by atoms with Gasteiger partial charge >= 0.3 is 11.5 Å². The van der Waals surface area contributed by atoms with Crippen molar-refractivity contribution in [3.05, 3.63) is 10.1 Å². The molecule has 0 aromatic heterocycles. The van der Waals surface area contributed by atoms with E-state index in [2.05, 4.69) is 15.5 Å². The first-order valence-corrected chi connectivity index (χ1v) is 1.61. The molecule has 0 saturated carbocycles. The Balaban J connectivity index is 0.000000640. The molecular weight excluding hydrogens is 149 g/mol. The quantitative estimate of drug-likeness (QED) is 0.222. The Morgan fingerprint density at radius 3 is 2.56 bits per heavy atom. The summed E-state index contributed by atoms with van der Waals surface area (Å²) < 4.78 is 0. The van der Waals surface area contributed by atoms with Crippen LogP contribution < -0.4 is 12.4 Å². The average Bonchev–Trinajstić information content (AvgIpc) is 2.12. The van der Waals surface area contributed by atoms with Crippen LogP contribution in [0.2, 0.25) is 0 Å². The van der Waals surface area contributed by atoms with Crippen molar-refractivity contribution in [2.45, 2.75) is 0 Å². The third kappa shape index (κ3) is 1.56.